The molecule has 0 aliphatic rings. The summed E-state index contributed by atoms with van der Waals surface area (Å²) in [6, 6.07) is 3.34. The molecule has 0 fully saturated rings. The quantitative estimate of drug-likeness (QED) is 0.837. The third kappa shape index (κ3) is 4.40. The van der Waals surface area contributed by atoms with Crippen LogP contribution >= 0.6 is 15.9 Å². The van der Waals surface area contributed by atoms with Crippen molar-refractivity contribution in [2.24, 2.45) is 0 Å². The SMILES string of the molecule is COc1cc(Br)c(CN(CC(=O)O)C(C)C)cc1O. The fraction of sp³-hybridized carbons (Fsp3) is 0.462. The van der Waals surface area contributed by atoms with Gasteiger partial charge >= 0.3 is 5.97 Å². The average molecular weight is 332 g/mol. The Hall–Kier alpha value is -1.27. The van der Waals surface area contributed by atoms with Crippen molar-refractivity contribution in [3.63, 3.8) is 0 Å². The number of aromatic hydroxyl groups is 1. The number of nitrogens with zero attached hydrogens (tertiary/aromatic N) is 1. The van der Waals surface area contributed by atoms with E-state index in [4.69, 9.17) is 9.84 Å². The Morgan fingerprint density at radius 1 is 1.47 bits per heavy atom. The van der Waals surface area contributed by atoms with E-state index < -0.39 is 5.97 Å². The van der Waals surface area contributed by atoms with E-state index >= 15 is 0 Å². The third-order valence-electron chi connectivity index (χ3n) is 2.79. The lowest BCUT2D eigenvalue weighted by Crippen LogP contribution is -2.35. The van der Waals surface area contributed by atoms with Crippen LogP contribution in [0.5, 0.6) is 11.5 Å². The molecular weight excluding hydrogens is 314 g/mol. The maximum Gasteiger partial charge on any atom is 0.317 e. The number of ether oxygens (including phenoxy) is 1. The molecule has 0 radical (unpaired) electrons. The Kier molecular flexibility index (Phi) is 5.62. The zero-order chi connectivity index (χ0) is 14.6. The van der Waals surface area contributed by atoms with E-state index in [1.165, 1.54) is 7.11 Å². The summed E-state index contributed by atoms with van der Waals surface area (Å²) in [4.78, 5) is 12.6. The molecule has 0 aromatic heterocycles. The number of carbonyl (C=O) groups is 1. The number of phenolic OH excluding ortho intramolecular Hbond substituents is 1. The van der Waals surface area contributed by atoms with Crippen LogP contribution in [0.1, 0.15) is 19.4 Å². The summed E-state index contributed by atoms with van der Waals surface area (Å²) < 4.78 is 5.79. The van der Waals surface area contributed by atoms with Crippen molar-refractivity contribution in [2.75, 3.05) is 13.7 Å². The average Bonchev–Trinajstić information content (AvgIpc) is 2.31. The molecule has 0 saturated carbocycles. The molecule has 0 atom stereocenters. The standard InChI is InChI=1S/C13H18BrNO4/c1-8(2)15(7-13(17)18)6-9-4-11(16)12(19-3)5-10(9)14/h4-5,8,16H,6-7H2,1-3H3,(H,17,18). The largest absolute Gasteiger partial charge is 0.504 e. The van der Waals surface area contributed by atoms with Crippen molar-refractivity contribution in [1.82, 2.24) is 4.90 Å². The van der Waals surface area contributed by atoms with Gasteiger partial charge in [0.05, 0.1) is 13.7 Å². The van der Waals surface area contributed by atoms with Crippen molar-refractivity contribution in [2.45, 2.75) is 26.4 Å². The number of aliphatic carboxylic acids is 1. The highest BCUT2D eigenvalue weighted by Gasteiger charge is 2.16. The Balaban J connectivity index is 2.96. The molecule has 6 heteroatoms. The summed E-state index contributed by atoms with van der Waals surface area (Å²) in [5.41, 5.74) is 0.813. The molecule has 0 aliphatic heterocycles. The van der Waals surface area contributed by atoms with Crippen molar-refractivity contribution in [1.29, 1.82) is 0 Å². The molecule has 0 bridgehead atoms. The topological polar surface area (TPSA) is 70.0 Å². The lowest BCUT2D eigenvalue weighted by atomic mass is 10.1. The van der Waals surface area contributed by atoms with E-state index in [1.54, 1.807) is 17.0 Å². The van der Waals surface area contributed by atoms with Gasteiger partial charge in [0.15, 0.2) is 11.5 Å². The second-order valence-corrected chi connectivity index (χ2v) is 5.36. The molecule has 0 unspecified atom stereocenters. The summed E-state index contributed by atoms with van der Waals surface area (Å²) in [7, 11) is 1.48. The van der Waals surface area contributed by atoms with Gasteiger partial charge in [0.1, 0.15) is 0 Å². The number of hydrogen-bond acceptors (Lipinski definition) is 4. The monoisotopic (exact) mass is 331 g/mol. The molecule has 106 valence electrons. The lowest BCUT2D eigenvalue weighted by Gasteiger charge is -2.25. The van der Waals surface area contributed by atoms with Gasteiger partial charge in [-0.05, 0) is 31.5 Å². The van der Waals surface area contributed by atoms with Crippen LogP contribution in [-0.4, -0.2) is 40.8 Å². The maximum atomic E-state index is 10.8. The van der Waals surface area contributed by atoms with Gasteiger partial charge in [0.2, 0.25) is 0 Å². The molecule has 1 aromatic carbocycles. The number of carboxylic acids is 1. The summed E-state index contributed by atoms with van der Waals surface area (Å²) in [5.74, 6) is -0.452. The smallest absolute Gasteiger partial charge is 0.317 e. The minimum atomic E-state index is -0.873. The molecule has 1 aromatic rings. The summed E-state index contributed by atoms with van der Waals surface area (Å²) in [6.07, 6.45) is 0. The van der Waals surface area contributed by atoms with E-state index in [9.17, 15) is 9.90 Å². The molecule has 2 N–H and O–H groups in total. The van der Waals surface area contributed by atoms with E-state index in [-0.39, 0.29) is 18.3 Å². The zero-order valence-electron chi connectivity index (χ0n) is 11.2. The van der Waals surface area contributed by atoms with E-state index in [1.807, 2.05) is 13.8 Å². The molecule has 0 saturated heterocycles. The lowest BCUT2D eigenvalue weighted by molar-refractivity contribution is -0.138. The minimum Gasteiger partial charge on any atom is -0.504 e. The number of methoxy groups -OCH3 is 1. The van der Waals surface area contributed by atoms with E-state index in [0.717, 1.165) is 10.0 Å². The van der Waals surface area contributed by atoms with Crippen LogP contribution in [0.3, 0.4) is 0 Å². The van der Waals surface area contributed by atoms with Crippen molar-refractivity contribution in [3.8, 4) is 11.5 Å². The van der Waals surface area contributed by atoms with Gasteiger partial charge in [-0.2, -0.15) is 0 Å². The van der Waals surface area contributed by atoms with Crippen LogP contribution in [0.4, 0.5) is 0 Å². The number of halogens is 1. The van der Waals surface area contributed by atoms with Gasteiger partial charge in [-0.3, -0.25) is 9.69 Å². The molecule has 19 heavy (non-hydrogen) atoms. The number of benzene rings is 1. The van der Waals surface area contributed by atoms with Crippen LogP contribution in [0.25, 0.3) is 0 Å². The second-order valence-electron chi connectivity index (χ2n) is 4.51. The first-order chi connectivity index (χ1) is 8.85. The summed E-state index contributed by atoms with van der Waals surface area (Å²) >= 11 is 3.40. The number of hydrogen-bond donors (Lipinski definition) is 2. The Bertz CT molecular complexity index is 462. The number of rotatable bonds is 6. The normalized spacial score (nSPS) is 11.1. The molecule has 5 nitrogen and oxygen atoms in total. The molecule has 1 rings (SSSR count). The van der Waals surface area contributed by atoms with Crippen LogP contribution < -0.4 is 4.74 Å². The highest BCUT2D eigenvalue weighted by atomic mass is 79.9. The third-order valence-corrected chi connectivity index (χ3v) is 3.53. The van der Waals surface area contributed by atoms with E-state index in [2.05, 4.69) is 15.9 Å². The molecule has 0 aliphatic carbocycles. The Labute approximate surface area is 120 Å². The first-order valence-electron chi connectivity index (χ1n) is 5.86. The number of phenols is 1. The molecule has 0 spiro atoms. The number of carboxylic acid groups (broad SMARTS) is 1. The van der Waals surface area contributed by atoms with Gasteiger partial charge in [0, 0.05) is 17.1 Å². The predicted octanol–water partition coefficient (Wildman–Crippen LogP) is 2.46. The van der Waals surface area contributed by atoms with E-state index in [0.29, 0.717) is 12.3 Å². The van der Waals surface area contributed by atoms with Crippen LogP contribution in [0.15, 0.2) is 16.6 Å². The Morgan fingerprint density at radius 2 is 2.11 bits per heavy atom. The molecular formula is C13H18BrNO4. The second kappa shape index (κ2) is 6.77. The molecule has 0 heterocycles. The zero-order valence-corrected chi connectivity index (χ0v) is 12.8. The highest BCUT2D eigenvalue weighted by molar-refractivity contribution is 9.10. The van der Waals surface area contributed by atoms with Gasteiger partial charge in [-0.1, -0.05) is 15.9 Å². The van der Waals surface area contributed by atoms with Crippen LogP contribution in [0, 0.1) is 0 Å². The maximum absolute atomic E-state index is 10.8. The molecule has 0 amide bonds. The van der Waals surface area contributed by atoms with Crippen LogP contribution in [0.2, 0.25) is 0 Å². The first kappa shape index (κ1) is 15.8. The van der Waals surface area contributed by atoms with Gasteiger partial charge in [0.25, 0.3) is 0 Å². The summed E-state index contributed by atoms with van der Waals surface area (Å²) in [6.45, 7) is 4.25. The fourth-order valence-corrected chi connectivity index (χ4v) is 2.13. The predicted molar refractivity (Wildman–Crippen MR) is 75.5 cm³/mol. The highest BCUT2D eigenvalue weighted by Crippen LogP contribution is 2.33. The minimum absolute atomic E-state index is 0.0414. The van der Waals surface area contributed by atoms with Crippen molar-refractivity contribution in [3.05, 3.63) is 22.2 Å². The van der Waals surface area contributed by atoms with Gasteiger partial charge in [-0.25, -0.2) is 0 Å². The van der Waals surface area contributed by atoms with Crippen LogP contribution in [-0.2, 0) is 11.3 Å². The van der Waals surface area contributed by atoms with Gasteiger partial charge in [-0.15, -0.1) is 0 Å². The van der Waals surface area contributed by atoms with Crippen molar-refractivity contribution >= 4 is 21.9 Å². The first-order valence-corrected chi connectivity index (χ1v) is 6.65. The Morgan fingerprint density at radius 3 is 2.58 bits per heavy atom. The fourth-order valence-electron chi connectivity index (χ4n) is 1.69. The summed E-state index contributed by atoms with van der Waals surface area (Å²) in [5, 5.41) is 18.7. The van der Waals surface area contributed by atoms with Crippen molar-refractivity contribution < 1.29 is 19.7 Å². The van der Waals surface area contributed by atoms with Gasteiger partial charge < -0.3 is 14.9 Å².